The van der Waals surface area contributed by atoms with E-state index in [1.807, 2.05) is 0 Å². The third-order valence-electron chi connectivity index (χ3n) is 10.1. The summed E-state index contributed by atoms with van der Waals surface area (Å²) in [5, 5.41) is 0. The van der Waals surface area contributed by atoms with E-state index in [0.29, 0.717) is 0 Å². The van der Waals surface area contributed by atoms with Crippen LogP contribution >= 0.6 is 0 Å². The molecule has 0 amide bonds. The summed E-state index contributed by atoms with van der Waals surface area (Å²) in [6.07, 6.45) is 28.1. The summed E-state index contributed by atoms with van der Waals surface area (Å²) in [6.45, 7) is 4.78. The molecule has 0 aromatic heterocycles. The van der Waals surface area contributed by atoms with Gasteiger partial charge in [-0.1, -0.05) is 46.0 Å². The Morgan fingerprint density at radius 3 is 1.65 bits per heavy atom. The number of rotatable bonds is 6. The van der Waals surface area contributed by atoms with Crippen molar-refractivity contribution in [1.29, 1.82) is 0 Å². The van der Waals surface area contributed by atoms with Gasteiger partial charge in [-0.05, 0) is 118 Å². The molecule has 0 atom stereocenters. The van der Waals surface area contributed by atoms with Crippen molar-refractivity contribution in [3.05, 3.63) is 0 Å². The Hall–Kier alpha value is 0. The van der Waals surface area contributed by atoms with Crippen LogP contribution in [0.4, 0.5) is 0 Å². The van der Waals surface area contributed by atoms with E-state index in [2.05, 4.69) is 13.8 Å². The molecule has 0 N–H and O–H groups in total. The predicted octanol–water partition coefficient (Wildman–Crippen LogP) is 8.54. The summed E-state index contributed by atoms with van der Waals surface area (Å²) in [5.41, 5.74) is 1.60. The van der Waals surface area contributed by atoms with Crippen molar-refractivity contribution in [3.63, 3.8) is 0 Å². The normalized spacial score (nSPS) is 46.4. The number of hydrogen-bond donors (Lipinski definition) is 0. The lowest BCUT2D eigenvalue weighted by molar-refractivity contribution is -0.0674. The average molecular weight is 359 g/mol. The molecule has 5 rings (SSSR count). The maximum atomic E-state index is 2.40. The SMILES string of the molecule is CCCC12CCC([C@H]3CC[C@H]([C@H]4CC[C@H](CCC)CC4)CC3)(CC1)CC2. The minimum atomic E-state index is 0.796. The molecule has 0 spiro atoms. The molecule has 0 heterocycles. The average Bonchev–Trinajstić information content (AvgIpc) is 2.71. The first-order chi connectivity index (χ1) is 12.7. The number of hydrogen-bond acceptors (Lipinski definition) is 0. The summed E-state index contributed by atoms with van der Waals surface area (Å²) in [5.74, 6) is 4.41. The van der Waals surface area contributed by atoms with E-state index in [-0.39, 0.29) is 0 Å². The minimum Gasteiger partial charge on any atom is -0.0654 e. The van der Waals surface area contributed by atoms with E-state index in [0.717, 1.165) is 34.5 Å². The van der Waals surface area contributed by atoms with Crippen LogP contribution < -0.4 is 0 Å². The van der Waals surface area contributed by atoms with E-state index in [9.17, 15) is 0 Å². The van der Waals surface area contributed by atoms with Crippen molar-refractivity contribution >= 4 is 0 Å². The van der Waals surface area contributed by atoms with Gasteiger partial charge in [0.1, 0.15) is 0 Å². The van der Waals surface area contributed by atoms with Crippen LogP contribution in [0.1, 0.15) is 129 Å². The molecular weight excluding hydrogens is 312 g/mol. The summed E-state index contributed by atoms with van der Waals surface area (Å²) in [4.78, 5) is 0. The van der Waals surface area contributed by atoms with Gasteiger partial charge in [0.05, 0.1) is 0 Å². The van der Waals surface area contributed by atoms with Crippen LogP contribution in [-0.2, 0) is 0 Å². The maximum Gasteiger partial charge on any atom is -0.0269 e. The van der Waals surface area contributed by atoms with Gasteiger partial charge in [0.15, 0.2) is 0 Å². The van der Waals surface area contributed by atoms with Crippen molar-refractivity contribution < 1.29 is 0 Å². The highest BCUT2D eigenvalue weighted by Gasteiger charge is 2.51. The van der Waals surface area contributed by atoms with E-state index in [1.54, 1.807) is 89.9 Å². The van der Waals surface area contributed by atoms with Gasteiger partial charge in [-0.3, -0.25) is 0 Å². The molecule has 0 aliphatic heterocycles. The number of fused-ring (bicyclic) bond motifs is 3. The smallest absolute Gasteiger partial charge is 0.0269 e. The van der Waals surface area contributed by atoms with Crippen molar-refractivity contribution in [1.82, 2.24) is 0 Å². The third kappa shape index (κ3) is 3.77. The fourth-order valence-corrected chi connectivity index (χ4v) is 8.37. The zero-order valence-electron chi connectivity index (χ0n) is 18.0. The quantitative estimate of drug-likeness (QED) is 0.446. The topological polar surface area (TPSA) is 0 Å². The second-order valence-corrected chi connectivity index (χ2v) is 11.3. The molecule has 5 fully saturated rings. The van der Waals surface area contributed by atoms with Crippen molar-refractivity contribution in [2.75, 3.05) is 0 Å². The highest BCUT2D eigenvalue weighted by atomic mass is 14.6. The van der Waals surface area contributed by atoms with Gasteiger partial charge in [-0.25, -0.2) is 0 Å². The molecule has 0 radical (unpaired) electrons. The molecule has 26 heavy (non-hydrogen) atoms. The largest absolute Gasteiger partial charge is 0.0654 e. The first kappa shape index (κ1) is 19.3. The zero-order chi connectivity index (χ0) is 18.0. The Bertz CT molecular complexity index is 408. The Kier molecular flexibility index (Phi) is 6.07. The van der Waals surface area contributed by atoms with E-state index in [4.69, 9.17) is 0 Å². The molecule has 0 heteroatoms. The Balaban J connectivity index is 1.26. The molecule has 2 bridgehead atoms. The standard InChI is InChI=1S/C26H46/c1-3-5-21-6-8-22(9-7-21)23-10-12-24(13-11-23)26-18-15-25(14-4-2,16-19-26)17-20-26/h21-24H,3-20H2,1-2H3/t21-,22-,23-,24-,25?,26?. The highest BCUT2D eigenvalue weighted by molar-refractivity contribution is 5.02. The highest BCUT2D eigenvalue weighted by Crippen LogP contribution is 2.63. The van der Waals surface area contributed by atoms with Crippen LogP contribution in [0.15, 0.2) is 0 Å². The van der Waals surface area contributed by atoms with Crippen LogP contribution in [0, 0.1) is 34.5 Å². The van der Waals surface area contributed by atoms with Crippen molar-refractivity contribution in [2.24, 2.45) is 34.5 Å². The minimum absolute atomic E-state index is 0.796. The summed E-state index contributed by atoms with van der Waals surface area (Å²) < 4.78 is 0. The van der Waals surface area contributed by atoms with Gasteiger partial charge < -0.3 is 0 Å². The summed E-state index contributed by atoms with van der Waals surface area (Å²) in [7, 11) is 0. The molecule has 5 aliphatic rings. The lowest BCUT2D eigenvalue weighted by atomic mass is 9.47. The summed E-state index contributed by atoms with van der Waals surface area (Å²) in [6, 6.07) is 0. The van der Waals surface area contributed by atoms with Gasteiger partial charge in [-0.15, -0.1) is 0 Å². The molecule has 150 valence electrons. The van der Waals surface area contributed by atoms with Crippen LogP contribution in [0.5, 0.6) is 0 Å². The monoisotopic (exact) mass is 358 g/mol. The predicted molar refractivity (Wildman–Crippen MR) is 113 cm³/mol. The molecular formula is C26H46. The second-order valence-electron chi connectivity index (χ2n) is 11.3. The van der Waals surface area contributed by atoms with Gasteiger partial charge in [0.25, 0.3) is 0 Å². The molecule has 0 aromatic rings. The molecule has 5 aliphatic carbocycles. The van der Waals surface area contributed by atoms with Crippen LogP contribution in [0.2, 0.25) is 0 Å². The Morgan fingerprint density at radius 1 is 0.615 bits per heavy atom. The van der Waals surface area contributed by atoms with Crippen LogP contribution in [0.3, 0.4) is 0 Å². The van der Waals surface area contributed by atoms with E-state index < -0.39 is 0 Å². The summed E-state index contributed by atoms with van der Waals surface area (Å²) >= 11 is 0. The van der Waals surface area contributed by atoms with Gasteiger partial charge in [0, 0.05) is 0 Å². The first-order valence-electron chi connectivity index (χ1n) is 12.7. The van der Waals surface area contributed by atoms with Crippen molar-refractivity contribution in [2.45, 2.75) is 129 Å². The molecule has 0 aromatic carbocycles. The second kappa shape index (κ2) is 8.16. The maximum absolute atomic E-state index is 2.40. The fourth-order valence-electron chi connectivity index (χ4n) is 8.37. The van der Waals surface area contributed by atoms with Crippen molar-refractivity contribution in [3.8, 4) is 0 Å². The van der Waals surface area contributed by atoms with Gasteiger partial charge >= 0.3 is 0 Å². The fraction of sp³-hybridized carbons (Fsp3) is 1.00. The third-order valence-corrected chi connectivity index (χ3v) is 10.1. The molecule has 0 unspecified atom stereocenters. The Morgan fingerprint density at radius 2 is 1.15 bits per heavy atom. The lowest BCUT2D eigenvalue weighted by Crippen LogP contribution is -2.46. The van der Waals surface area contributed by atoms with Gasteiger partial charge in [-0.2, -0.15) is 0 Å². The van der Waals surface area contributed by atoms with Crippen LogP contribution in [0.25, 0.3) is 0 Å². The van der Waals surface area contributed by atoms with E-state index in [1.165, 1.54) is 25.7 Å². The molecule has 0 saturated heterocycles. The molecule has 5 saturated carbocycles. The van der Waals surface area contributed by atoms with Gasteiger partial charge in [0.2, 0.25) is 0 Å². The zero-order valence-corrected chi connectivity index (χ0v) is 18.0. The lowest BCUT2D eigenvalue weighted by Gasteiger charge is -2.58. The van der Waals surface area contributed by atoms with Crippen LogP contribution in [-0.4, -0.2) is 0 Å². The first-order valence-corrected chi connectivity index (χ1v) is 12.7. The Labute approximate surface area is 164 Å². The van der Waals surface area contributed by atoms with E-state index >= 15 is 0 Å². The molecule has 0 nitrogen and oxygen atoms in total.